The molecule has 0 rings (SSSR count). The molecule has 0 saturated carbocycles. The van der Waals surface area contributed by atoms with Gasteiger partial charge in [-0.25, -0.2) is 0 Å². The molecular formula is C12H24O. The van der Waals surface area contributed by atoms with Crippen LogP contribution >= 0.6 is 0 Å². The van der Waals surface area contributed by atoms with Crippen molar-refractivity contribution in [2.24, 2.45) is 0 Å². The molecule has 1 heteroatoms. The highest BCUT2D eigenvalue weighted by Gasteiger charge is 2.15. The van der Waals surface area contributed by atoms with E-state index in [1.807, 2.05) is 13.8 Å². The average Bonchev–Trinajstić information content (AvgIpc) is 2.12. The summed E-state index contributed by atoms with van der Waals surface area (Å²) in [5.41, 5.74) is 1.00. The first-order chi connectivity index (χ1) is 6.02. The quantitative estimate of drug-likeness (QED) is 0.493. The normalized spacial score (nSPS) is 17.2. The molecule has 0 radical (unpaired) electrons. The number of hydrogen-bond donors (Lipinski definition) is 1. The van der Waals surface area contributed by atoms with Gasteiger partial charge in [0, 0.05) is 0 Å². The molecule has 0 saturated heterocycles. The predicted octanol–water partition coefficient (Wildman–Crippen LogP) is 3.67. The van der Waals surface area contributed by atoms with E-state index < -0.39 is 5.60 Å². The third-order valence-electron chi connectivity index (χ3n) is 2.73. The topological polar surface area (TPSA) is 20.2 Å². The SMILES string of the molecule is CC/C(C)=C/CCCC(C)(O)CC. The molecule has 0 aliphatic carbocycles. The van der Waals surface area contributed by atoms with Crippen LogP contribution in [0.15, 0.2) is 11.6 Å². The molecule has 0 amide bonds. The Morgan fingerprint density at radius 1 is 1.38 bits per heavy atom. The van der Waals surface area contributed by atoms with Gasteiger partial charge in [0.25, 0.3) is 0 Å². The Morgan fingerprint density at radius 3 is 2.46 bits per heavy atom. The molecule has 0 bridgehead atoms. The van der Waals surface area contributed by atoms with Gasteiger partial charge in [-0.1, -0.05) is 25.5 Å². The van der Waals surface area contributed by atoms with Gasteiger partial charge in [0.05, 0.1) is 5.60 Å². The first-order valence-electron chi connectivity index (χ1n) is 5.40. The van der Waals surface area contributed by atoms with Crippen LogP contribution in [0.4, 0.5) is 0 Å². The van der Waals surface area contributed by atoms with Crippen LogP contribution in [0, 0.1) is 0 Å². The van der Waals surface area contributed by atoms with Gasteiger partial charge in [0.15, 0.2) is 0 Å². The van der Waals surface area contributed by atoms with Gasteiger partial charge in [0.2, 0.25) is 0 Å². The zero-order chi connectivity index (χ0) is 10.3. The van der Waals surface area contributed by atoms with Crippen LogP contribution in [0.2, 0.25) is 0 Å². The molecule has 0 aromatic heterocycles. The first kappa shape index (κ1) is 12.7. The van der Waals surface area contributed by atoms with E-state index in [1.165, 1.54) is 5.57 Å². The lowest BCUT2D eigenvalue weighted by atomic mass is 9.96. The average molecular weight is 184 g/mol. The van der Waals surface area contributed by atoms with Crippen molar-refractivity contribution >= 4 is 0 Å². The summed E-state index contributed by atoms with van der Waals surface area (Å²) in [4.78, 5) is 0. The Balaban J connectivity index is 3.57. The minimum Gasteiger partial charge on any atom is -0.390 e. The van der Waals surface area contributed by atoms with E-state index in [1.54, 1.807) is 0 Å². The third-order valence-corrected chi connectivity index (χ3v) is 2.73. The maximum absolute atomic E-state index is 9.72. The Morgan fingerprint density at radius 2 is 2.00 bits per heavy atom. The number of unbranched alkanes of at least 4 members (excludes halogenated alkanes) is 1. The molecule has 0 aromatic rings. The summed E-state index contributed by atoms with van der Waals surface area (Å²) in [6, 6.07) is 0. The van der Waals surface area contributed by atoms with Crippen LogP contribution in [0.1, 0.15) is 59.8 Å². The third kappa shape index (κ3) is 6.83. The van der Waals surface area contributed by atoms with E-state index in [2.05, 4.69) is 19.9 Å². The van der Waals surface area contributed by atoms with Gasteiger partial charge in [-0.05, 0) is 46.0 Å². The number of allylic oxidation sites excluding steroid dienone is 2. The fourth-order valence-electron chi connectivity index (χ4n) is 1.15. The van der Waals surface area contributed by atoms with Gasteiger partial charge in [-0.15, -0.1) is 0 Å². The molecule has 1 nitrogen and oxygen atoms in total. The summed E-state index contributed by atoms with van der Waals surface area (Å²) in [5.74, 6) is 0. The summed E-state index contributed by atoms with van der Waals surface area (Å²) in [6.45, 7) is 8.29. The maximum Gasteiger partial charge on any atom is 0.0617 e. The Kier molecular flexibility index (Phi) is 6.06. The van der Waals surface area contributed by atoms with Gasteiger partial charge in [0.1, 0.15) is 0 Å². The van der Waals surface area contributed by atoms with E-state index in [0.717, 1.165) is 32.1 Å². The first-order valence-corrected chi connectivity index (χ1v) is 5.40. The van der Waals surface area contributed by atoms with Crippen molar-refractivity contribution < 1.29 is 5.11 Å². The van der Waals surface area contributed by atoms with Crippen LogP contribution in [0.25, 0.3) is 0 Å². The number of hydrogen-bond acceptors (Lipinski definition) is 1. The Labute approximate surface area is 82.9 Å². The van der Waals surface area contributed by atoms with E-state index >= 15 is 0 Å². The molecule has 0 heterocycles. The number of aliphatic hydroxyl groups is 1. The number of rotatable bonds is 6. The van der Waals surface area contributed by atoms with Crippen molar-refractivity contribution in [2.75, 3.05) is 0 Å². The molecule has 1 N–H and O–H groups in total. The summed E-state index contributed by atoms with van der Waals surface area (Å²) in [6.07, 6.45) is 7.39. The lowest BCUT2D eigenvalue weighted by Crippen LogP contribution is -2.21. The summed E-state index contributed by atoms with van der Waals surface area (Å²) in [7, 11) is 0. The molecule has 13 heavy (non-hydrogen) atoms. The van der Waals surface area contributed by atoms with Crippen molar-refractivity contribution in [3.05, 3.63) is 11.6 Å². The van der Waals surface area contributed by atoms with Gasteiger partial charge in [-0.2, -0.15) is 0 Å². The van der Waals surface area contributed by atoms with Crippen molar-refractivity contribution in [3.63, 3.8) is 0 Å². The molecule has 0 aromatic carbocycles. The summed E-state index contributed by atoms with van der Waals surface area (Å²) >= 11 is 0. The zero-order valence-electron chi connectivity index (χ0n) is 9.56. The van der Waals surface area contributed by atoms with Crippen molar-refractivity contribution in [2.45, 2.75) is 65.4 Å². The molecule has 1 unspecified atom stereocenters. The molecular weight excluding hydrogens is 160 g/mol. The predicted molar refractivity (Wildman–Crippen MR) is 58.8 cm³/mol. The van der Waals surface area contributed by atoms with Gasteiger partial charge >= 0.3 is 0 Å². The van der Waals surface area contributed by atoms with E-state index in [4.69, 9.17) is 0 Å². The van der Waals surface area contributed by atoms with Crippen LogP contribution in [-0.2, 0) is 0 Å². The van der Waals surface area contributed by atoms with Crippen LogP contribution in [0.5, 0.6) is 0 Å². The van der Waals surface area contributed by atoms with E-state index in [-0.39, 0.29) is 0 Å². The smallest absolute Gasteiger partial charge is 0.0617 e. The summed E-state index contributed by atoms with van der Waals surface area (Å²) in [5, 5.41) is 9.72. The fraction of sp³-hybridized carbons (Fsp3) is 0.833. The highest BCUT2D eigenvalue weighted by Crippen LogP contribution is 2.17. The van der Waals surface area contributed by atoms with Crippen molar-refractivity contribution in [1.29, 1.82) is 0 Å². The second kappa shape index (κ2) is 6.20. The van der Waals surface area contributed by atoms with Gasteiger partial charge in [-0.3, -0.25) is 0 Å². The summed E-state index contributed by atoms with van der Waals surface area (Å²) < 4.78 is 0. The largest absolute Gasteiger partial charge is 0.390 e. The second-order valence-corrected chi connectivity index (χ2v) is 4.15. The molecule has 0 fully saturated rings. The molecule has 0 aliphatic heterocycles. The Bertz CT molecular complexity index is 157. The monoisotopic (exact) mass is 184 g/mol. The van der Waals surface area contributed by atoms with Gasteiger partial charge < -0.3 is 5.11 Å². The molecule has 1 atom stereocenters. The molecule has 78 valence electrons. The maximum atomic E-state index is 9.72. The van der Waals surface area contributed by atoms with E-state index in [0.29, 0.717) is 0 Å². The van der Waals surface area contributed by atoms with Crippen molar-refractivity contribution in [3.8, 4) is 0 Å². The highest BCUT2D eigenvalue weighted by molar-refractivity contribution is 4.96. The second-order valence-electron chi connectivity index (χ2n) is 4.15. The highest BCUT2D eigenvalue weighted by atomic mass is 16.3. The van der Waals surface area contributed by atoms with Crippen LogP contribution in [0.3, 0.4) is 0 Å². The van der Waals surface area contributed by atoms with E-state index in [9.17, 15) is 5.11 Å². The molecule has 0 spiro atoms. The minimum absolute atomic E-state index is 0.450. The van der Waals surface area contributed by atoms with Crippen LogP contribution in [-0.4, -0.2) is 10.7 Å². The standard InChI is InChI=1S/C12H24O/c1-5-11(3)9-7-8-10-12(4,13)6-2/h9,13H,5-8,10H2,1-4H3/b11-9+. The fourth-order valence-corrected chi connectivity index (χ4v) is 1.15. The Hall–Kier alpha value is -0.300. The van der Waals surface area contributed by atoms with Crippen LogP contribution < -0.4 is 0 Å². The van der Waals surface area contributed by atoms with Crippen molar-refractivity contribution in [1.82, 2.24) is 0 Å². The lowest BCUT2D eigenvalue weighted by molar-refractivity contribution is 0.0452. The molecule has 0 aliphatic rings. The zero-order valence-corrected chi connectivity index (χ0v) is 9.56. The lowest BCUT2D eigenvalue weighted by Gasteiger charge is -2.20. The minimum atomic E-state index is -0.450.